The van der Waals surface area contributed by atoms with Crippen LogP contribution in [0, 0.1) is 16.7 Å². The van der Waals surface area contributed by atoms with Crippen molar-refractivity contribution in [2.75, 3.05) is 0 Å². The van der Waals surface area contributed by atoms with Gasteiger partial charge < -0.3 is 5.41 Å². The lowest BCUT2D eigenvalue weighted by Gasteiger charge is -2.11. The minimum absolute atomic E-state index is 0.0926. The molecule has 2 nitrogen and oxygen atoms in total. The van der Waals surface area contributed by atoms with Gasteiger partial charge in [0.05, 0.1) is 0 Å². The zero-order valence-electron chi connectivity index (χ0n) is 4.67. The summed E-state index contributed by atoms with van der Waals surface area (Å²) in [6, 6.07) is 0. The predicted octanol–water partition coefficient (Wildman–Crippen LogP) is 2.03. The van der Waals surface area contributed by atoms with Crippen LogP contribution in [0.5, 0.6) is 0 Å². The summed E-state index contributed by atoms with van der Waals surface area (Å²) in [5.74, 6) is -2.24. The highest BCUT2D eigenvalue weighted by Gasteiger charge is 2.40. The van der Waals surface area contributed by atoms with Crippen LogP contribution in [0.1, 0.15) is 0 Å². The maximum Gasteiger partial charge on any atom is 0.402 e. The molecule has 2 N–H and O–H groups in total. The molecule has 0 aromatic carbocycles. The molecule has 0 radical (unpaired) electrons. The van der Waals surface area contributed by atoms with Crippen LogP contribution in [0.2, 0.25) is 0 Å². The summed E-state index contributed by atoms with van der Waals surface area (Å²) in [5.41, 5.74) is 0. The zero-order valence-corrected chi connectivity index (χ0v) is 5.42. The molecule has 0 rings (SSSR count). The Morgan fingerprint density at radius 2 is 1.90 bits per heavy atom. The summed E-state index contributed by atoms with van der Waals surface area (Å²) in [5, 5.41) is 11.6. The SMILES string of the molecule is N=CC(C(=N)Cl)C(F)(F)F. The van der Waals surface area contributed by atoms with Crippen molar-refractivity contribution in [3.05, 3.63) is 0 Å². The lowest BCUT2D eigenvalue weighted by molar-refractivity contribution is -0.137. The highest BCUT2D eigenvalue weighted by molar-refractivity contribution is 6.66. The van der Waals surface area contributed by atoms with E-state index in [4.69, 9.17) is 22.4 Å². The number of hydrogen-bond donors (Lipinski definition) is 2. The number of nitrogens with one attached hydrogen (secondary N) is 2. The monoisotopic (exact) mass is 172 g/mol. The normalized spacial score (nSPS) is 14.4. The van der Waals surface area contributed by atoms with Gasteiger partial charge in [0.15, 0.2) is 0 Å². The van der Waals surface area contributed by atoms with E-state index in [9.17, 15) is 13.2 Å². The largest absolute Gasteiger partial charge is 0.402 e. The molecule has 0 spiro atoms. The van der Waals surface area contributed by atoms with Gasteiger partial charge in [-0.1, -0.05) is 11.6 Å². The molecule has 0 fully saturated rings. The fraction of sp³-hybridized carbons (Fsp3) is 0.500. The van der Waals surface area contributed by atoms with Gasteiger partial charge in [-0.15, -0.1) is 0 Å². The van der Waals surface area contributed by atoms with Crippen LogP contribution in [0.25, 0.3) is 0 Å². The summed E-state index contributed by atoms with van der Waals surface area (Å²) < 4.78 is 34.8. The molecule has 0 aliphatic heterocycles. The second kappa shape index (κ2) is 3.01. The van der Waals surface area contributed by atoms with Crippen LogP contribution in [-0.2, 0) is 0 Å². The van der Waals surface area contributed by atoms with E-state index >= 15 is 0 Å². The van der Waals surface area contributed by atoms with Gasteiger partial charge in [-0.25, -0.2) is 0 Å². The Labute approximate surface area is 60.0 Å². The molecule has 1 unspecified atom stereocenters. The van der Waals surface area contributed by atoms with E-state index in [1.54, 1.807) is 0 Å². The Bertz CT molecular complexity index is 153. The molecule has 0 aromatic rings. The van der Waals surface area contributed by atoms with Gasteiger partial charge in [-0.3, -0.25) is 5.41 Å². The molecular weight excluding hydrogens is 169 g/mol. The average molecular weight is 173 g/mol. The van der Waals surface area contributed by atoms with E-state index in [1.165, 1.54) is 0 Å². The molecule has 0 heterocycles. The maximum absolute atomic E-state index is 11.6. The highest BCUT2D eigenvalue weighted by Crippen LogP contribution is 2.26. The first kappa shape index (κ1) is 9.42. The molecule has 1 atom stereocenters. The van der Waals surface area contributed by atoms with Crippen molar-refractivity contribution in [3.8, 4) is 0 Å². The number of alkyl halides is 3. The minimum atomic E-state index is -4.61. The van der Waals surface area contributed by atoms with Crippen LogP contribution >= 0.6 is 11.6 Å². The zero-order chi connectivity index (χ0) is 8.36. The van der Waals surface area contributed by atoms with Crippen molar-refractivity contribution < 1.29 is 13.2 Å². The van der Waals surface area contributed by atoms with Gasteiger partial charge in [0.2, 0.25) is 0 Å². The Balaban J connectivity index is 4.36. The number of rotatable bonds is 2. The molecule has 0 saturated carbocycles. The Morgan fingerprint density at radius 3 is 1.90 bits per heavy atom. The summed E-state index contributed by atoms with van der Waals surface area (Å²) in [6.07, 6.45) is -4.52. The van der Waals surface area contributed by atoms with E-state index in [2.05, 4.69) is 0 Å². The molecule has 10 heavy (non-hydrogen) atoms. The van der Waals surface area contributed by atoms with Crippen molar-refractivity contribution in [1.29, 1.82) is 10.8 Å². The van der Waals surface area contributed by atoms with Crippen molar-refractivity contribution in [2.24, 2.45) is 5.92 Å². The molecular formula is C4H4ClF3N2. The van der Waals surface area contributed by atoms with Gasteiger partial charge in [0.25, 0.3) is 0 Å². The van der Waals surface area contributed by atoms with E-state index in [1.807, 2.05) is 0 Å². The predicted molar refractivity (Wildman–Crippen MR) is 31.9 cm³/mol. The van der Waals surface area contributed by atoms with Crippen LogP contribution in [-0.4, -0.2) is 17.6 Å². The molecule has 6 heteroatoms. The van der Waals surface area contributed by atoms with Crippen LogP contribution in [0.4, 0.5) is 13.2 Å². The third-order valence-corrected chi connectivity index (χ3v) is 1.03. The van der Waals surface area contributed by atoms with Gasteiger partial charge in [0.1, 0.15) is 11.1 Å². The van der Waals surface area contributed by atoms with Crippen molar-refractivity contribution in [3.63, 3.8) is 0 Å². The molecule has 0 amide bonds. The van der Waals surface area contributed by atoms with Crippen molar-refractivity contribution >= 4 is 23.0 Å². The number of hydrogen-bond acceptors (Lipinski definition) is 2. The lowest BCUT2D eigenvalue weighted by Crippen LogP contribution is -2.28. The summed E-state index contributed by atoms with van der Waals surface area (Å²) >= 11 is 4.74. The third-order valence-electron chi connectivity index (χ3n) is 0.792. The Morgan fingerprint density at radius 1 is 1.50 bits per heavy atom. The molecule has 0 aliphatic rings. The minimum Gasteiger partial charge on any atom is -0.312 e. The lowest BCUT2D eigenvalue weighted by atomic mass is 10.2. The van der Waals surface area contributed by atoms with Gasteiger partial charge in [-0.2, -0.15) is 13.2 Å². The number of halogens is 4. The second-order valence-corrected chi connectivity index (χ2v) is 1.94. The first-order valence-corrected chi connectivity index (χ1v) is 2.58. The first-order valence-electron chi connectivity index (χ1n) is 2.21. The molecule has 58 valence electrons. The van der Waals surface area contributed by atoms with Gasteiger partial charge in [0, 0.05) is 6.21 Å². The van der Waals surface area contributed by atoms with E-state index in [0.29, 0.717) is 0 Å². The topological polar surface area (TPSA) is 47.7 Å². The molecule has 0 saturated heterocycles. The molecule has 0 aliphatic carbocycles. The fourth-order valence-electron chi connectivity index (χ4n) is 0.311. The van der Waals surface area contributed by atoms with Gasteiger partial charge >= 0.3 is 6.18 Å². The summed E-state index contributed by atoms with van der Waals surface area (Å²) in [4.78, 5) is 0. The van der Waals surface area contributed by atoms with E-state index in [0.717, 1.165) is 0 Å². The fourth-order valence-corrected chi connectivity index (χ4v) is 0.498. The summed E-state index contributed by atoms with van der Waals surface area (Å²) in [6.45, 7) is 0. The van der Waals surface area contributed by atoms with Crippen LogP contribution in [0.15, 0.2) is 0 Å². The quantitative estimate of drug-likeness (QED) is 0.599. The standard InChI is InChI=1S/C4H4ClF3N2/c5-3(10)2(1-9)4(6,7)8/h1-2,9-10H. The van der Waals surface area contributed by atoms with Gasteiger partial charge in [-0.05, 0) is 0 Å². The van der Waals surface area contributed by atoms with Crippen molar-refractivity contribution in [2.45, 2.75) is 6.18 Å². The highest BCUT2D eigenvalue weighted by atomic mass is 35.5. The molecule has 0 aromatic heterocycles. The second-order valence-electron chi connectivity index (χ2n) is 1.53. The first-order chi connectivity index (χ1) is 4.39. The molecule has 0 bridgehead atoms. The smallest absolute Gasteiger partial charge is 0.312 e. The Kier molecular flexibility index (Phi) is 2.83. The third kappa shape index (κ3) is 2.34. The van der Waals surface area contributed by atoms with Crippen LogP contribution < -0.4 is 0 Å². The van der Waals surface area contributed by atoms with E-state index in [-0.39, 0.29) is 6.21 Å². The average Bonchev–Trinajstić information content (AvgIpc) is 1.60. The van der Waals surface area contributed by atoms with Crippen LogP contribution in [0.3, 0.4) is 0 Å². The van der Waals surface area contributed by atoms with E-state index < -0.39 is 17.3 Å². The maximum atomic E-state index is 11.6. The van der Waals surface area contributed by atoms with Crippen molar-refractivity contribution in [1.82, 2.24) is 0 Å². The Hall–Kier alpha value is -0.580. The summed E-state index contributed by atoms with van der Waals surface area (Å²) in [7, 11) is 0.